The summed E-state index contributed by atoms with van der Waals surface area (Å²) in [6.45, 7) is 4.39. The number of thiophene rings is 1. The van der Waals surface area contributed by atoms with Gasteiger partial charge in [0.1, 0.15) is 11.6 Å². The first kappa shape index (κ1) is 29.0. The Bertz CT molecular complexity index is 1720. The molecule has 3 heterocycles. The van der Waals surface area contributed by atoms with Crippen LogP contribution in [0.3, 0.4) is 0 Å². The van der Waals surface area contributed by atoms with Crippen molar-refractivity contribution in [1.82, 2.24) is 14.9 Å². The highest BCUT2D eigenvalue weighted by Crippen LogP contribution is 2.26. The van der Waals surface area contributed by atoms with Crippen molar-refractivity contribution in [2.75, 3.05) is 43.1 Å². The number of ether oxygens (including phenoxy) is 1. The van der Waals surface area contributed by atoms with E-state index in [0.29, 0.717) is 38.2 Å². The number of anilines is 2. The van der Waals surface area contributed by atoms with E-state index in [1.54, 1.807) is 7.11 Å². The van der Waals surface area contributed by atoms with E-state index in [0.717, 1.165) is 57.7 Å². The minimum absolute atomic E-state index is 0.127. The number of piperazine rings is 1. The van der Waals surface area contributed by atoms with Gasteiger partial charge in [0, 0.05) is 50.5 Å². The second kappa shape index (κ2) is 13.5. The maximum absolute atomic E-state index is 12.8. The van der Waals surface area contributed by atoms with Crippen LogP contribution in [0.2, 0.25) is 0 Å². The van der Waals surface area contributed by atoms with Gasteiger partial charge in [-0.15, -0.1) is 11.3 Å². The SMILES string of the molecule is COc1cccc(CN(Cc2cnc(Cc3ccc(C#N)cc3)[nH]2)c2ccc(N3CCN(C(=O)c4cccs4)CC3)cc2)c1. The molecule has 3 aromatic carbocycles. The van der Waals surface area contributed by atoms with E-state index >= 15 is 0 Å². The van der Waals surface area contributed by atoms with E-state index in [1.807, 2.05) is 65.0 Å². The summed E-state index contributed by atoms with van der Waals surface area (Å²) in [7, 11) is 1.69. The molecular formula is C35H34N6O2S. The number of benzene rings is 3. The van der Waals surface area contributed by atoms with Crippen LogP contribution < -0.4 is 14.5 Å². The third-order valence-corrected chi connectivity index (χ3v) is 8.74. The molecule has 0 spiro atoms. The molecule has 2 aromatic heterocycles. The summed E-state index contributed by atoms with van der Waals surface area (Å²) in [6, 6.07) is 30.5. The second-order valence-corrected chi connectivity index (χ2v) is 11.8. The van der Waals surface area contributed by atoms with E-state index in [-0.39, 0.29) is 5.91 Å². The molecule has 0 aliphatic carbocycles. The Balaban J connectivity index is 1.15. The molecule has 9 heteroatoms. The summed E-state index contributed by atoms with van der Waals surface area (Å²) < 4.78 is 5.48. The van der Waals surface area contributed by atoms with Crippen molar-refractivity contribution < 1.29 is 9.53 Å². The number of nitrogens with zero attached hydrogens (tertiary/aromatic N) is 5. The number of hydrogen-bond donors (Lipinski definition) is 1. The quantitative estimate of drug-likeness (QED) is 0.208. The molecule has 222 valence electrons. The topological polar surface area (TPSA) is 88.5 Å². The lowest BCUT2D eigenvalue weighted by Gasteiger charge is -2.36. The van der Waals surface area contributed by atoms with Crippen molar-refractivity contribution in [3.8, 4) is 11.8 Å². The van der Waals surface area contributed by atoms with Gasteiger partial charge in [0.15, 0.2) is 0 Å². The summed E-state index contributed by atoms with van der Waals surface area (Å²) in [4.78, 5) is 28.3. The number of nitriles is 1. The molecule has 1 N–H and O–H groups in total. The Kier molecular flexibility index (Phi) is 8.90. The zero-order valence-electron chi connectivity index (χ0n) is 24.6. The van der Waals surface area contributed by atoms with Gasteiger partial charge in [-0.2, -0.15) is 5.26 Å². The van der Waals surface area contributed by atoms with E-state index in [1.165, 1.54) is 11.3 Å². The highest BCUT2D eigenvalue weighted by molar-refractivity contribution is 7.12. The number of methoxy groups -OCH3 is 1. The summed E-state index contributed by atoms with van der Waals surface area (Å²) >= 11 is 1.50. The molecule has 1 aliphatic heterocycles. The van der Waals surface area contributed by atoms with Gasteiger partial charge in [-0.25, -0.2) is 4.98 Å². The molecule has 1 fully saturated rings. The number of aromatic amines is 1. The normalized spacial score (nSPS) is 13.0. The van der Waals surface area contributed by atoms with E-state index in [2.05, 4.69) is 62.2 Å². The minimum atomic E-state index is 0.127. The van der Waals surface area contributed by atoms with Crippen molar-refractivity contribution in [2.45, 2.75) is 19.5 Å². The molecule has 1 aliphatic rings. The molecule has 44 heavy (non-hydrogen) atoms. The van der Waals surface area contributed by atoms with Gasteiger partial charge < -0.3 is 24.4 Å². The predicted molar refractivity (Wildman–Crippen MR) is 174 cm³/mol. The van der Waals surface area contributed by atoms with Crippen LogP contribution in [0.5, 0.6) is 5.75 Å². The Hall–Kier alpha value is -5.07. The van der Waals surface area contributed by atoms with Crippen molar-refractivity contribution in [1.29, 1.82) is 5.26 Å². The lowest BCUT2D eigenvalue weighted by atomic mass is 10.1. The first-order valence-electron chi connectivity index (χ1n) is 14.7. The van der Waals surface area contributed by atoms with E-state index in [9.17, 15) is 4.79 Å². The van der Waals surface area contributed by atoms with Gasteiger partial charge in [0.05, 0.1) is 42.1 Å². The fourth-order valence-electron chi connectivity index (χ4n) is 5.50. The number of H-pyrrole nitrogens is 1. The highest BCUT2D eigenvalue weighted by Gasteiger charge is 2.23. The van der Waals surface area contributed by atoms with Crippen LogP contribution >= 0.6 is 11.3 Å². The summed E-state index contributed by atoms with van der Waals surface area (Å²) in [6.07, 6.45) is 2.57. The summed E-state index contributed by atoms with van der Waals surface area (Å²) in [5, 5.41) is 11.0. The van der Waals surface area contributed by atoms with Crippen LogP contribution in [0, 0.1) is 11.3 Å². The van der Waals surface area contributed by atoms with Crippen molar-refractivity contribution in [3.05, 3.63) is 130 Å². The Labute approximate surface area is 261 Å². The smallest absolute Gasteiger partial charge is 0.264 e. The first-order valence-corrected chi connectivity index (χ1v) is 15.5. The molecular weight excluding hydrogens is 568 g/mol. The van der Waals surface area contributed by atoms with Gasteiger partial charge in [0.25, 0.3) is 5.91 Å². The zero-order valence-corrected chi connectivity index (χ0v) is 25.5. The average Bonchev–Trinajstić information content (AvgIpc) is 3.78. The molecule has 0 unspecified atom stereocenters. The molecule has 6 rings (SSSR count). The number of hydrogen-bond acceptors (Lipinski definition) is 7. The van der Waals surface area contributed by atoms with Gasteiger partial charge in [-0.3, -0.25) is 4.79 Å². The maximum atomic E-state index is 12.8. The summed E-state index contributed by atoms with van der Waals surface area (Å²) in [5.74, 6) is 1.85. The number of nitrogens with one attached hydrogen (secondary N) is 1. The minimum Gasteiger partial charge on any atom is -0.497 e. The monoisotopic (exact) mass is 602 g/mol. The molecule has 5 aromatic rings. The Morgan fingerprint density at radius 1 is 0.977 bits per heavy atom. The van der Waals surface area contributed by atoms with Crippen LogP contribution in [0.1, 0.15) is 37.9 Å². The Morgan fingerprint density at radius 3 is 2.48 bits per heavy atom. The summed E-state index contributed by atoms with van der Waals surface area (Å²) in [5.41, 5.74) is 6.19. The lowest BCUT2D eigenvalue weighted by Crippen LogP contribution is -2.48. The molecule has 0 atom stereocenters. The van der Waals surface area contributed by atoms with Gasteiger partial charge >= 0.3 is 0 Å². The van der Waals surface area contributed by atoms with Crippen LogP contribution in [0.15, 0.2) is 96.5 Å². The van der Waals surface area contributed by atoms with Gasteiger partial charge in [0.2, 0.25) is 0 Å². The lowest BCUT2D eigenvalue weighted by molar-refractivity contribution is 0.0751. The molecule has 1 amide bonds. The molecule has 8 nitrogen and oxygen atoms in total. The second-order valence-electron chi connectivity index (χ2n) is 10.8. The molecule has 0 saturated carbocycles. The van der Waals surface area contributed by atoms with E-state index < -0.39 is 0 Å². The molecule has 1 saturated heterocycles. The van der Waals surface area contributed by atoms with Crippen molar-refractivity contribution in [3.63, 3.8) is 0 Å². The van der Waals surface area contributed by atoms with Crippen LogP contribution in [0.4, 0.5) is 11.4 Å². The standard InChI is InChI=1S/C35H34N6O2S/c1-43-32-5-2-4-28(20-32)24-41(25-29-23-37-34(38-29)21-26-7-9-27(22-36)10-8-26)31-13-11-30(12-14-31)39-15-17-40(18-16-39)35(42)33-6-3-19-44-33/h2-14,19-20,23H,15-18,21,24-25H2,1H3,(H,37,38). The van der Waals surface area contributed by atoms with Crippen molar-refractivity contribution in [2.24, 2.45) is 0 Å². The zero-order chi connectivity index (χ0) is 30.3. The predicted octanol–water partition coefficient (Wildman–Crippen LogP) is 6.11. The fraction of sp³-hybridized carbons (Fsp3) is 0.229. The number of carbonyl (C=O) groups excluding carboxylic acids is 1. The third kappa shape index (κ3) is 6.93. The van der Waals surface area contributed by atoms with Gasteiger partial charge in [-0.1, -0.05) is 30.3 Å². The third-order valence-electron chi connectivity index (χ3n) is 7.88. The van der Waals surface area contributed by atoms with E-state index in [4.69, 9.17) is 10.00 Å². The van der Waals surface area contributed by atoms with Crippen LogP contribution in [0.25, 0.3) is 0 Å². The number of aromatic nitrogens is 2. The maximum Gasteiger partial charge on any atom is 0.264 e. The van der Waals surface area contributed by atoms with Gasteiger partial charge in [-0.05, 0) is 71.1 Å². The largest absolute Gasteiger partial charge is 0.497 e. The van der Waals surface area contributed by atoms with Crippen LogP contribution in [-0.2, 0) is 19.5 Å². The number of rotatable bonds is 10. The molecule has 0 bridgehead atoms. The molecule has 0 radical (unpaired) electrons. The number of carbonyl (C=O) groups is 1. The van der Waals surface area contributed by atoms with Crippen molar-refractivity contribution >= 4 is 28.6 Å². The van der Waals surface area contributed by atoms with Crippen LogP contribution in [-0.4, -0.2) is 54.1 Å². The number of amides is 1. The fourth-order valence-corrected chi connectivity index (χ4v) is 6.19. The average molecular weight is 603 g/mol. The Morgan fingerprint density at radius 2 is 1.77 bits per heavy atom. The first-order chi connectivity index (χ1) is 21.6. The number of imidazole rings is 1. The highest BCUT2D eigenvalue weighted by atomic mass is 32.1.